The Bertz CT molecular complexity index is 1380. The van der Waals surface area contributed by atoms with Crippen LogP contribution in [0.5, 0.6) is 11.5 Å². The Labute approximate surface area is 185 Å². The van der Waals surface area contributed by atoms with Gasteiger partial charge in [0.1, 0.15) is 17.3 Å². The van der Waals surface area contributed by atoms with Gasteiger partial charge >= 0.3 is 0 Å². The van der Waals surface area contributed by atoms with E-state index in [4.69, 9.17) is 13.9 Å². The van der Waals surface area contributed by atoms with Gasteiger partial charge < -0.3 is 18.9 Å². The summed E-state index contributed by atoms with van der Waals surface area (Å²) in [6.07, 6.45) is 1.47. The highest BCUT2D eigenvalue weighted by atomic mass is 32.2. The molecule has 4 rings (SSSR count). The number of pyridine rings is 1. The molecule has 2 aromatic carbocycles. The first-order chi connectivity index (χ1) is 15.4. The van der Waals surface area contributed by atoms with Crippen LogP contribution in [0.2, 0.25) is 0 Å². The Morgan fingerprint density at radius 3 is 2.31 bits per heavy atom. The number of fused-ring (bicyclic) bond motifs is 1. The fourth-order valence-electron chi connectivity index (χ4n) is 3.36. The van der Waals surface area contributed by atoms with Crippen LogP contribution in [0.3, 0.4) is 0 Å². The molecule has 2 aromatic heterocycles. The molecule has 0 aliphatic carbocycles. The van der Waals surface area contributed by atoms with Gasteiger partial charge in [0.2, 0.25) is 10.0 Å². The minimum Gasteiger partial charge on any atom is -0.497 e. The molecule has 1 N–H and O–H groups in total. The normalized spacial score (nSPS) is 11.7. The molecule has 8 nitrogen and oxygen atoms in total. The van der Waals surface area contributed by atoms with Crippen molar-refractivity contribution < 1.29 is 22.3 Å². The third-order valence-electron chi connectivity index (χ3n) is 5.08. The predicted molar refractivity (Wildman–Crippen MR) is 119 cm³/mol. The SMILES string of the molecule is COc1ccc(S(=O)(=O)N(Cc2ccco2)Cc2cc3cc(OC)ccc3[nH]c2=O)cc1. The van der Waals surface area contributed by atoms with Crippen molar-refractivity contribution in [2.75, 3.05) is 14.2 Å². The quantitative estimate of drug-likeness (QED) is 0.437. The summed E-state index contributed by atoms with van der Waals surface area (Å²) in [5.41, 5.74) is 0.571. The average molecular weight is 455 g/mol. The summed E-state index contributed by atoms with van der Waals surface area (Å²) in [4.78, 5) is 15.6. The van der Waals surface area contributed by atoms with Crippen LogP contribution in [0.1, 0.15) is 11.3 Å². The average Bonchev–Trinajstić information content (AvgIpc) is 3.32. The van der Waals surface area contributed by atoms with Crippen molar-refractivity contribution in [2.24, 2.45) is 0 Å². The smallest absolute Gasteiger partial charge is 0.252 e. The van der Waals surface area contributed by atoms with Gasteiger partial charge in [-0.25, -0.2) is 8.42 Å². The molecule has 0 radical (unpaired) electrons. The number of aromatic nitrogens is 1. The van der Waals surface area contributed by atoms with E-state index in [-0.39, 0.29) is 23.5 Å². The summed E-state index contributed by atoms with van der Waals surface area (Å²) in [5, 5.41) is 0.735. The van der Waals surface area contributed by atoms with Gasteiger partial charge in [0.15, 0.2) is 0 Å². The van der Waals surface area contributed by atoms with Gasteiger partial charge in [0.05, 0.1) is 31.9 Å². The van der Waals surface area contributed by atoms with Gasteiger partial charge in [-0.1, -0.05) is 0 Å². The van der Waals surface area contributed by atoms with Crippen LogP contribution in [-0.2, 0) is 23.1 Å². The number of benzene rings is 2. The highest BCUT2D eigenvalue weighted by molar-refractivity contribution is 7.89. The summed E-state index contributed by atoms with van der Waals surface area (Å²) in [6, 6.07) is 16.4. The maximum absolute atomic E-state index is 13.4. The second kappa shape index (κ2) is 8.89. The maximum Gasteiger partial charge on any atom is 0.252 e. The van der Waals surface area contributed by atoms with Crippen LogP contribution >= 0.6 is 0 Å². The zero-order valence-electron chi connectivity index (χ0n) is 17.6. The first-order valence-electron chi connectivity index (χ1n) is 9.77. The lowest BCUT2D eigenvalue weighted by Gasteiger charge is -2.21. The van der Waals surface area contributed by atoms with E-state index < -0.39 is 10.0 Å². The summed E-state index contributed by atoms with van der Waals surface area (Å²) in [5.74, 6) is 1.64. The highest BCUT2D eigenvalue weighted by Gasteiger charge is 2.27. The van der Waals surface area contributed by atoms with Crippen molar-refractivity contribution in [3.63, 3.8) is 0 Å². The standard InChI is InChI=1S/C23H22N2O6S/c1-29-18-5-8-21(9-6-18)32(27,28)25(15-20-4-3-11-31-20)14-17-12-16-13-19(30-2)7-10-22(16)24-23(17)26/h3-13H,14-15H2,1-2H3,(H,24,26). The van der Waals surface area contributed by atoms with Gasteiger partial charge in [-0.2, -0.15) is 4.31 Å². The van der Waals surface area contributed by atoms with Crippen LogP contribution in [0.15, 0.2) is 81.0 Å². The number of nitrogens with one attached hydrogen (secondary N) is 1. The lowest BCUT2D eigenvalue weighted by Crippen LogP contribution is -2.32. The number of ether oxygens (including phenoxy) is 2. The second-order valence-electron chi connectivity index (χ2n) is 7.10. The molecule has 0 saturated heterocycles. The minimum absolute atomic E-state index is 0.0308. The molecule has 0 aliphatic rings. The van der Waals surface area contributed by atoms with E-state index in [2.05, 4.69) is 4.98 Å². The number of nitrogens with zero attached hydrogens (tertiary/aromatic N) is 1. The fourth-order valence-corrected chi connectivity index (χ4v) is 4.75. The van der Waals surface area contributed by atoms with Gasteiger partial charge in [-0.15, -0.1) is 0 Å². The predicted octanol–water partition coefficient (Wildman–Crippen LogP) is 3.53. The first-order valence-corrected chi connectivity index (χ1v) is 11.2. The number of methoxy groups -OCH3 is 2. The topological polar surface area (TPSA) is 102 Å². The van der Waals surface area contributed by atoms with Crippen LogP contribution < -0.4 is 15.0 Å². The molecule has 0 amide bonds. The van der Waals surface area contributed by atoms with E-state index in [1.165, 1.54) is 29.8 Å². The molecule has 0 spiro atoms. The molecule has 32 heavy (non-hydrogen) atoms. The van der Waals surface area contributed by atoms with Crippen molar-refractivity contribution in [1.82, 2.24) is 9.29 Å². The molecule has 166 valence electrons. The monoisotopic (exact) mass is 454 g/mol. The van der Waals surface area contributed by atoms with E-state index >= 15 is 0 Å². The molecule has 0 fully saturated rings. The largest absolute Gasteiger partial charge is 0.497 e. The van der Waals surface area contributed by atoms with Crippen molar-refractivity contribution in [2.45, 2.75) is 18.0 Å². The van der Waals surface area contributed by atoms with E-state index in [0.717, 1.165) is 5.39 Å². The van der Waals surface area contributed by atoms with Crippen molar-refractivity contribution in [1.29, 1.82) is 0 Å². The fraction of sp³-hybridized carbons (Fsp3) is 0.174. The summed E-state index contributed by atoms with van der Waals surface area (Å²) >= 11 is 0. The summed E-state index contributed by atoms with van der Waals surface area (Å²) < 4.78 is 43.9. The Kier molecular flexibility index (Phi) is 6.02. The second-order valence-corrected chi connectivity index (χ2v) is 9.04. The van der Waals surface area contributed by atoms with Gasteiger partial charge in [-0.3, -0.25) is 4.79 Å². The molecular weight excluding hydrogens is 432 g/mol. The summed E-state index contributed by atoms with van der Waals surface area (Å²) in [7, 11) is -0.879. The molecular formula is C23H22N2O6S. The Morgan fingerprint density at radius 2 is 1.66 bits per heavy atom. The number of rotatable bonds is 8. The Balaban J connectivity index is 1.75. The van der Waals surface area contributed by atoms with E-state index in [1.807, 2.05) is 0 Å². The van der Waals surface area contributed by atoms with Gasteiger partial charge in [0.25, 0.3) is 5.56 Å². The maximum atomic E-state index is 13.4. The van der Waals surface area contributed by atoms with E-state index in [1.54, 1.807) is 55.6 Å². The van der Waals surface area contributed by atoms with Crippen LogP contribution in [0.4, 0.5) is 0 Å². The van der Waals surface area contributed by atoms with Gasteiger partial charge in [0, 0.05) is 23.0 Å². The Hall–Kier alpha value is -3.56. The lowest BCUT2D eigenvalue weighted by molar-refractivity contribution is 0.357. The third kappa shape index (κ3) is 4.39. The molecule has 0 atom stereocenters. The van der Waals surface area contributed by atoms with Crippen molar-refractivity contribution in [3.05, 3.63) is 88.6 Å². The number of furan rings is 1. The first kappa shape index (κ1) is 21.7. The minimum atomic E-state index is -3.94. The zero-order chi connectivity index (χ0) is 22.7. The molecule has 0 bridgehead atoms. The van der Waals surface area contributed by atoms with E-state index in [0.29, 0.717) is 28.3 Å². The summed E-state index contributed by atoms with van der Waals surface area (Å²) in [6.45, 7) is -0.172. The highest BCUT2D eigenvalue weighted by Crippen LogP contribution is 2.24. The van der Waals surface area contributed by atoms with Crippen molar-refractivity contribution >= 4 is 20.9 Å². The van der Waals surface area contributed by atoms with Crippen LogP contribution in [-0.4, -0.2) is 31.9 Å². The van der Waals surface area contributed by atoms with Crippen molar-refractivity contribution in [3.8, 4) is 11.5 Å². The molecule has 2 heterocycles. The lowest BCUT2D eigenvalue weighted by atomic mass is 10.1. The van der Waals surface area contributed by atoms with Crippen LogP contribution in [0.25, 0.3) is 10.9 Å². The van der Waals surface area contributed by atoms with Gasteiger partial charge in [-0.05, 0) is 60.7 Å². The molecule has 0 unspecified atom stereocenters. The van der Waals surface area contributed by atoms with E-state index in [9.17, 15) is 13.2 Å². The molecule has 0 saturated carbocycles. The van der Waals surface area contributed by atoms with Crippen LogP contribution in [0, 0.1) is 0 Å². The number of aromatic amines is 1. The molecule has 4 aromatic rings. The zero-order valence-corrected chi connectivity index (χ0v) is 18.4. The number of hydrogen-bond acceptors (Lipinski definition) is 6. The third-order valence-corrected chi connectivity index (χ3v) is 6.89. The Morgan fingerprint density at radius 1 is 0.938 bits per heavy atom. The number of sulfonamides is 1. The molecule has 0 aliphatic heterocycles. The number of H-pyrrole nitrogens is 1. The number of hydrogen-bond donors (Lipinski definition) is 1. The molecule has 9 heteroatoms.